The maximum atomic E-state index is 11.4. The van der Waals surface area contributed by atoms with Crippen LogP contribution in [0.5, 0.6) is 11.5 Å². The van der Waals surface area contributed by atoms with Crippen molar-refractivity contribution in [3.63, 3.8) is 0 Å². The number of aromatic hydroxyl groups is 1. The average molecular weight is 468 g/mol. The monoisotopic (exact) mass is 467 g/mol. The van der Waals surface area contributed by atoms with Crippen molar-refractivity contribution in [3.8, 4) is 11.5 Å². The maximum Gasteiger partial charge on any atom is 0.165 e. The number of phenolic OH excluding ortho intramolecular Hbond substituents is 1. The number of piperidine rings is 1. The molecule has 34 heavy (non-hydrogen) atoms. The zero-order valence-corrected chi connectivity index (χ0v) is 20.7. The van der Waals surface area contributed by atoms with Gasteiger partial charge in [0.05, 0.1) is 16.9 Å². The van der Waals surface area contributed by atoms with Crippen molar-refractivity contribution < 1.29 is 19.7 Å². The van der Waals surface area contributed by atoms with Crippen LogP contribution in [0.4, 0.5) is 0 Å². The summed E-state index contributed by atoms with van der Waals surface area (Å²) in [5.41, 5.74) is 6.06. The molecule has 184 valence electrons. The van der Waals surface area contributed by atoms with Gasteiger partial charge in [-0.05, 0) is 64.6 Å². The first kappa shape index (κ1) is 22.4. The van der Waals surface area contributed by atoms with Crippen molar-refractivity contribution in [3.05, 3.63) is 35.4 Å². The van der Waals surface area contributed by atoms with Crippen molar-refractivity contribution in [2.45, 2.75) is 75.2 Å². The van der Waals surface area contributed by atoms with E-state index in [1.54, 1.807) is 13.2 Å². The van der Waals surface area contributed by atoms with Gasteiger partial charge in [-0.25, -0.2) is 0 Å². The van der Waals surface area contributed by atoms with Crippen LogP contribution in [0.25, 0.3) is 0 Å². The van der Waals surface area contributed by atoms with Crippen LogP contribution in [0.3, 0.4) is 0 Å². The van der Waals surface area contributed by atoms with Gasteiger partial charge in [0.25, 0.3) is 0 Å². The van der Waals surface area contributed by atoms with Gasteiger partial charge in [-0.1, -0.05) is 18.2 Å². The minimum Gasteiger partial charge on any atom is -0.504 e. The fourth-order valence-corrected chi connectivity index (χ4v) is 8.53. The first-order valence-corrected chi connectivity index (χ1v) is 12.6. The van der Waals surface area contributed by atoms with Gasteiger partial charge in [0.15, 0.2) is 11.5 Å². The smallest absolute Gasteiger partial charge is 0.165 e. The Hall–Kier alpha value is -2.09. The summed E-state index contributed by atoms with van der Waals surface area (Å²) in [6, 6.07) is 4.15. The van der Waals surface area contributed by atoms with Gasteiger partial charge >= 0.3 is 0 Å². The second-order valence-corrected chi connectivity index (χ2v) is 11.6. The molecule has 0 radical (unpaired) electrons. The van der Waals surface area contributed by atoms with Crippen LogP contribution in [0.2, 0.25) is 0 Å². The van der Waals surface area contributed by atoms with E-state index in [1.807, 2.05) is 20.8 Å². The lowest BCUT2D eigenvalue weighted by molar-refractivity contribution is -0.245. The summed E-state index contributed by atoms with van der Waals surface area (Å²) in [7, 11) is 1.74. The number of aliphatic hydroxyl groups is 1. The molecule has 4 N–H and O–H groups in total. The van der Waals surface area contributed by atoms with E-state index in [1.165, 1.54) is 11.1 Å². The highest BCUT2D eigenvalue weighted by Crippen LogP contribution is 2.75. The zero-order chi connectivity index (χ0) is 24.1. The lowest BCUT2D eigenvalue weighted by atomic mass is 9.36. The Balaban J connectivity index is 1.52. The predicted octanol–water partition coefficient (Wildman–Crippen LogP) is 2.52. The van der Waals surface area contributed by atoms with Crippen LogP contribution < -0.4 is 10.5 Å². The number of likely N-dealkylation sites (tertiary alicyclic amines) is 1. The lowest BCUT2D eigenvalue weighted by Gasteiger charge is -2.72. The van der Waals surface area contributed by atoms with Crippen molar-refractivity contribution >= 4 is 5.84 Å². The molecule has 2 heterocycles. The minimum absolute atomic E-state index is 0.127. The van der Waals surface area contributed by atoms with Crippen molar-refractivity contribution in [2.75, 3.05) is 26.7 Å². The molecule has 0 aromatic heterocycles. The number of amidine groups is 1. The number of aliphatic imine (C=N–C) groups is 1. The number of nitrogens with two attached hydrogens (primary N) is 1. The fraction of sp³-hybridized carbons (Fsp3) is 0.667. The SMILES string of the molecule is CO[C@]12C=CC3(CC1C(C)(C)O)[C@H]1Cc4ccc(O)c5c4[C@@]3(CCN1CCCN=C(C)N)[C@H]2O5. The highest BCUT2D eigenvalue weighted by molar-refractivity contribution is 5.77. The molecule has 4 bridgehead atoms. The molecule has 1 saturated carbocycles. The van der Waals surface area contributed by atoms with E-state index in [-0.39, 0.29) is 34.6 Å². The van der Waals surface area contributed by atoms with Gasteiger partial charge in [-0.2, -0.15) is 0 Å². The zero-order valence-electron chi connectivity index (χ0n) is 20.7. The number of phenols is 1. The molecule has 1 aromatic rings. The summed E-state index contributed by atoms with van der Waals surface area (Å²) >= 11 is 0. The maximum absolute atomic E-state index is 11.4. The van der Waals surface area contributed by atoms with Crippen molar-refractivity contribution in [2.24, 2.45) is 22.1 Å². The van der Waals surface area contributed by atoms with Gasteiger partial charge in [-0.3, -0.25) is 9.89 Å². The first-order chi connectivity index (χ1) is 16.1. The fourth-order valence-electron chi connectivity index (χ4n) is 8.53. The largest absolute Gasteiger partial charge is 0.504 e. The molecule has 4 aliphatic carbocycles. The van der Waals surface area contributed by atoms with E-state index in [4.69, 9.17) is 15.2 Å². The second-order valence-electron chi connectivity index (χ2n) is 11.6. The number of fused-ring (bicyclic) bond motifs is 1. The number of rotatable bonds is 6. The predicted molar refractivity (Wildman–Crippen MR) is 130 cm³/mol. The van der Waals surface area contributed by atoms with Gasteiger partial charge in [0, 0.05) is 43.1 Å². The Kier molecular flexibility index (Phi) is 4.60. The number of benzene rings is 1. The highest BCUT2D eigenvalue weighted by Gasteiger charge is 2.80. The number of methoxy groups -OCH3 is 1. The molecule has 0 amide bonds. The Bertz CT molecular complexity index is 1090. The average Bonchev–Trinajstić information content (AvgIpc) is 3.16. The standard InChI is InChI=1S/C27H37N3O4/c1-16(28)29-11-5-12-30-13-10-26-21-17-6-7-18(31)22(21)34-23(26)27(33-4)9-8-25(26,20(30)14-17)15-19(27)24(2,3)32/h6-9,19-20,23,31-32H,5,10-15H2,1-4H3,(H2,28,29)/t19?,20-,23-,25?,26+,27-/m1/s1. The molecular formula is C27H37N3O4. The number of hydrogen-bond acceptors (Lipinski definition) is 6. The number of ether oxygens (including phenoxy) is 2. The van der Waals surface area contributed by atoms with E-state index in [9.17, 15) is 10.2 Å². The molecule has 6 atom stereocenters. The summed E-state index contributed by atoms with van der Waals surface area (Å²) in [6.45, 7) is 8.28. The summed E-state index contributed by atoms with van der Waals surface area (Å²) in [4.78, 5) is 7.03. The van der Waals surface area contributed by atoms with E-state index in [0.717, 1.165) is 45.3 Å². The van der Waals surface area contributed by atoms with Crippen LogP contribution in [-0.2, 0) is 16.6 Å². The molecule has 2 aliphatic heterocycles. The van der Waals surface area contributed by atoms with Crippen LogP contribution in [-0.4, -0.2) is 71.0 Å². The van der Waals surface area contributed by atoms with Crippen molar-refractivity contribution in [1.29, 1.82) is 0 Å². The highest BCUT2D eigenvalue weighted by atomic mass is 16.6. The normalized spacial score (nSPS) is 39.8. The first-order valence-electron chi connectivity index (χ1n) is 12.6. The lowest BCUT2D eigenvalue weighted by Crippen LogP contribution is -2.80. The molecule has 7 heteroatoms. The summed E-state index contributed by atoms with van der Waals surface area (Å²) < 4.78 is 13.1. The molecule has 7 rings (SSSR count). The van der Waals surface area contributed by atoms with Crippen LogP contribution in [0.1, 0.15) is 51.2 Å². The number of nitrogens with zero attached hydrogens (tertiary/aromatic N) is 2. The Morgan fingerprint density at radius 3 is 2.85 bits per heavy atom. The molecule has 6 aliphatic rings. The summed E-state index contributed by atoms with van der Waals surface area (Å²) in [5.74, 6) is 1.35. The Labute approximate surface area is 201 Å². The molecular weight excluding hydrogens is 430 g/mol. The second kappa shape index (κ2) is 6.99. The third-order valence-electron chi connectivity index (χ3n) is 9.73. The summed E-state index contributed by atoms with van der Waals surface area (Å²) in [6.07, 6.45) is 7.94. The molecule has 2 spiro atoms. The Morgan fingerprint density at radius 1 is 1.35 bits per heavy atom. The number of hydrogen-bond donors (Lipinski definition) is 3. The van der Waals surface area contributed by atoms with E-state index in [2.05, 4.69) is 28.1 Å². The molecule has 1 saturated heterocycles. The molecule has 2 unspecified atom stereocenters. The quantitative estimate of drug-likeness (QED) is 0.257. The van der Waals surface area contributed by atoms with E-state index in [0.29, 0.717) is 11.6 Å². The Morgan fingerprint density at radius 2 is 2.15 bits per heavy atom. The van der Waals surface area contributed by atoms with Gasteiger partial charge in [0.2, 0.25) is 0 Å². The summed E-state index contributed by atoms with van der Waals surface area (Å²) in [5, 5.41) is 22.2. The van der Waals surface area contributed by atoms with Gasteiger partial charge < -0.3 is 25.4 Å². The third-order valence-corrected chi connectivity index (χ3v) is 9.73. The van der Waals surface area contributed by atoms with Crippen LogP contribution >= 0.6 is 0 Å². The molecule has 2 fully saturated rings. The molecule has 1 aromatic carbocycles. The molecule has 7 nitrogen and oxygen atoms in total. The van der Waals surface area contributed by atoms with E-state index >= 15 is 0 Å². The van der Waals surface area contributed by atoms with Crippen LogP contribution in [0.15, 0.2) is 29.3 Å². The van der Waals surface area contributed by atoms with Gasteiger partial charge in [0.1, 0.15) is 11.7 Å². The third kappa shape index (κ3) is 2.50. The topological polar surface area (TPSA) is 101 Å². The van der Waals surface area contributed by atoms with E-state index < -0.39 is 11.2 Å². The van der Waals surface area contributed by atoms with Crippen molar-refractivity contribution in [1.82, 2.24) is 4.90 Å². The van der Waals surface area contributed by atoms with Gasteiger partial charge in [-0.15, -0.1) is 0 Å². The minimum atomic E-state index is -0.942. The van der Waals surface area contributed by atoms with Crippen LogP contribution in [0, 0.1) is 11.3 Å².